The molecule has 0 saturated heterocycles. The standard InChI is InChI=1S/C17H15N5O2S/c1-9-4-5-11(6-13(9)23)20-14(24)8-25-17-21-12-7-19-16(18-3)10(2)15(12)22-17/h4-7,23H,8H2,1-2H3,(H,20,24)(H,21,22). The minimum absolute atomic E-state index is 0.140. The molecule has 0 unspecified atom stereocenters. The van der Waals surface area contributed by atoms with Gasteiger partial charge in [-0.2, -0.15) is 0 Å². The fourth-order valence-corrected chi connectivity index (χ4v) is 2.95. The third-order valence-corrected chi connectivity index (χ3v) is 4.53. The van der Waals surface area contributed by atoms with E-state index >= 15 is 0 Å². The van der Waals surface area contributed by atoms with Crippen molar-refractivity contribution in [2.24, 2.45) is 0 Å². The fourth-order valence-electron chi connectivity index (χ4n) is 2.27. The van der Waals surface area contributed by atoms with Crippen molar-refractivity contribution in [2.75, 3.05) is 11.1 Å². The van der Waals surface area contributed by atoms with E-state index in [1.807, 2.05) is 0 Å². The van der Waals surface area contributed by atoms with E-state index in [9.17, 15) is 9.90 Å². The maximum Gasteiger partial charge on any atom is 0.274 e. The summed E-state index contributed by atoms with van der Waals surface area (Å²) in [6, 6.07) is 4.99. The molecule has 2 heterocycles. The molecule has 0 spiro atoms. The summed E-state index contributed by atoms with van der Waals surface area (Å²) in [4.78, 5) is 27.0. The molecule has 3 N–H and O–H groups in total. The first kappa shape index (κ1) is 16.8. The van der Waals surface area contributed by atoms with Crippen molar-refractivity contribution in [3.63, 3.8) is 0 Å². The zero-order valence-electron chi connectivity index (χ0n) is 13.6. The van der Waals surface area contributed by atoms with Crippen molar-refractivity contribution >= 4 is 40.2 Å². The minimum atomic E-state index is -0.203. The van der Waals surface area contributed by atoms with Crippen LogP contribution in [0.2, 0.25) is 0 Å². The summed E-state index contributed by atoms with van der Waals surface area (Å²) < 4.78 is 0. The number of phenols is 1. The number of carbonyl (C=O) groups is 1. The van der Waals surface area contributed by atoms with Gasteiger partial charge in [0.25, 0.3) is 5.82 Å². The number of benzene rings is 1. The summed E-state index contributed by atoms with van der Waals surface area (Å²) in [7, 11) is 0. The number of imidazole rings is 1. The highest BCUT2D eigenvalue weighted by atomic mass is 32.2. The van der Waals surface area contributed by atoms with Gasteiger partial charge in [-0.15, -0.1) is 4.98 Å². The lowest BCUT2D eigenvalue weighted by Crippen LogP contribution is -2.14. The molecule has 2 aromatic heterocycles. The molecule has 7 nitrogen and oxygen atoms in total. The van der Waals surface area contributed by atoms with Gasteiger partial charge in [-0.05, 0) is 25.5 Å². The molecule has 8 heteroatoms. The first-order chi connectivity index (χ1) is 12.0. The van der Waals surface area contributed by atoms with Crippen LogP contribution < -0.4 is 5.32 Å². The molecule has 0 saturated carbocycles. The number of pyridine rings is 1. The number of aromatic nitrogens is 3. The van der Waals surface area contributed by atoms with Gasteiger partial charge < -0.3 is 20.3 Å². The average Bonchev–Trinajstić information content (AvgIpc) is 3.01. The van der Waals surface area contributed by atoms with Crippen LogP contribution in [0.1, 0.15) is 11.1 Å². The molecule has 0 fully saturated rings. The first-order valence-corrected chi connectivity index (χ1v) is 8.41. The fraction of sp³-hybridized carbons (Fsp3) is 0.176. The number of hydrogen-bond donors (Lipinski definition) is 3. The molecule has 3 rings (SSSR count). The molecule has 0 atom stereocenters. The number of H-pyrrole nitrogens is 1. The Kier molecular flexibility index (Phi) is 4.59. The van der Waals surface area contributed by atoms with Crippen LogP contribution in [-0.4, -0.2) is 31.7 Å². The maximum absolute atomic E-state index is 12.1. The van der Waals surface area contributed by atoms with Gasteiger partial charge in [0, 0.05) is 17.3 Å². The van der Waals surface area contributed by atoms with Crippen LogP contribution >= 0.6 is 11.8 Å². The van der Waals surface area contributed by atoms with E-state index < -0.39 is 0 Å². The Morgan fingerprint density at radius 3 is 2.96 bits per heavy atom. The molecule has 0 aliphatic rings. The second-order valence-corrected chi connectivity index (χ2v) is 6.43. The number of aromatic hydroxyl groups is 1. The number of amides is 1. The smallest absolute Gasteiger partial charge is 0.274 e. The Bertz CT molecular complexity index is 1010. The molecule has 0 bridgehead atoms. The van der Waals surface area contributed by atoms with Crippen LogP contribution in [-0.2, 0) is 4.79 Å². The molecular weight excluding hydrogens is 338 g/mol. The topological polar surface area (TPSA) is 95.3 Å². The highest BCUT2D eigenvalue weighted by Crippen LogP contribution is 2.26. The summed E-state index contributed by atoms with van der Waals surface area (Å²) in [5, 5.41) is 13.0. The highest BCUT2D eigenvalue weighted by Gasteiger charge is 2.12. The lowest BCUT2D eigenvalue weighted by atomic mass is 10.2. The number of aromatic amines is 1. The van der Waals surface area contributed by atoms with Crippen molar-refractivity contribution in [3.8, 4) is 5.75 Å². The zero-order chi connectivity index (χ0) is 18.0. The monoisotopic (exact) mass is 353 g/mol. The molecule has 1 amide bonds. The number of thioether (sulfide) groups is 1. The number of aryl methyl sites for hydroxylation is 2. The summed E-state index contributed by atoms with van der Waals surface area (Å²) in [5.74, 6) is 0.426. The van der Waals surface area contributed by atoms with Crippen LogP contribution in [0.4, 0.5) is 11.5 Å². The molecule has 0 aliphatic heterocycles. The number of hydrogen-bond acceptors (Lipinski definition) is 5. The summed E-state index contributed by atoms with van der Waals surface area (Å²) in [6.07, 6.45) is 1.57. The SMILES string of the molecule is [C-]#[N+]c1ncc2[nH]c(SCC(=O)Nc3ccc(C)c(O)c3)nc2c1C. The van der Waals surface area contributed by atoms with Gasteiger partial charge in [0.15, 0.2) is 5.16 Å². The van der Waals surface area contributed by atoms with Gasteiger partial charge in [-0.3, -0.25) is 4.79 Å². The van der Waals surface area contributed by atoms with Crippen molar-refractivity contribution in [2.45, 2.75) is 19.0 Å². The maximum atomic E-state index is 12.1. The van der Waals surface area contributed by atoms with Crippen molar-refractivity contribution < 1.29 is 9.90 Å². The Labute approximate surface area is 148 Å². The number of fused-ring (bicyclic) bond motifs is 1. The Balaban J connectivity index is 1.68. The van der Waals surface area contributed by atoms with E-state index in [0.717, 1.165) is 16.6 Å². The van der Waals surface area contributed by atoms with Gasteiger partial charge >= 0.3 is 0 Å². The molecular formula is C17H15N5O2S. The van der Waals surface area contributed by atoms with Gasteiger partial charge in [-0.1, -0.05) is 24.4 Å². The second kappa shape index (κ2) is 6.83. The molecule has 0 radical (unpaired) electrons. The number of phenolic OH excluding ortho intramolecular Hbond substituents is 1. The Morgan fingerprint density at radius 1 is 1.44 bits per heavy atom. The van der Waals surface area contributed by atoms with Crippen LogP contribution in [0.15, 0.2) is 29.6 Å². The van der Waals surface area contributed by atoms with E-state index in [-0.39, 0.29) is 17.4 Å². The summed E-state index contributed by atoms with van der Waals surface area (Å²) in [5.41, 5.74) is 3.43. The summed E-state index contributed by atoms with van der Waals surface area (Å²) in [6.45, 7) is 10.7. The van der Waals surface area contributed by atoms with Gasteiger partial charge in [0.2, 0.25) is 5.91 Å². The highest BCUT2D eigenvalue weighted by molar-refractivity contribution is 7.99. The van der Waals surface area contributed by atoms with Crippen molar-refractivity contribution in [3.05, 3.63) is 46.9 Å². The Hall–Kier alpha value is -3.05. The van der Waals surface area contributed by atoms with E-state index in [2.05, 4.69) is 25.1 Å². The minimum Gasteiger partial charge on any atom is -0.508 e. The van der Waals surface area contributed by atoms with Crippen molar-refractivity contribution in [1.29, 1.82) is 0 Å². The van der Waals surface area contributed by atoms with E-state index in [0.29, 0.717) is 22.2 Å². The van der Waals surface area contributed by atoms with E-state index in [1.54, 1.807) is 32.2 Å². The molecule has 1 aromatic carbocycles. The van der Waals surface area contributed by atoms with E-state index in [4.69, 9.17) is 6.57 Å². The van der Waals surface area contributed by atoms with Crippen LogP contribution in [0.25, 0.3) is 15.9 Å². The quantitative estimate of drug-likeness (QED) is 0.492. The van der Waals surface area contributed by atoms with Crippen LogP contribution in [0.3, 0.4) is 0 Å². The normalized spacial score (nSPS) is 10.6. The van der Waals surface area contributed by atoms with Gasteiger partial charge in [0.05, 0.1) is 11.3 Å². The van der Waals surface area contributed by atoms with Crippen LogP contribution in [0, 0.1) is 20.4 Å². The number of rotatable bonds is 4. The molecule has 25 heavy (non-hydrogen) atoms. The average molecular weight is 353 g/mol. The molecule has 0 aliphatic carbocycles. The predicted molar refractivity (Wildman–Crippen MR) is 97.1 cm³/mol. The van der Waals surface area contributed by atoms with Gasteiger partial charge in [-0.25, -0.2) is 4.98 Å². The predicted octanol–water partition coefficient (Wildman–Crippen LogP) is 3.56. The lowest BCUT2D eigenvalue weighted by molar-refractivity contribution is -0.113. The third-order valence-electron chi connectivity index (χ3n) is 3.66. The number of nitrogens with one attached hydrogen (secondary N) is 2. The van der Waals surface area contributed by atoms with Gasteiger partial charge in [0.1, 0.15) is 17.5 Å². The first-order valence-electron chi connectivity index (χ1n) is 7.43. The van der Waals surface area contributed by atoms with Crippen molar-refractivity contribution in [1.82, 2.24) is 15.0 Å². The second-order valence-electron chi connectivity index (χ2n) is 5.46. The van der Waals surface area contributed by atoms with E-state index in [1.165, 1.54) is 17.8 Å². The molecule has 126 valence electrons. The third kappa shape index (κ3) is 3.56. The number of carbonyl (C=O) groups excluding carboxylic acids is 1. The largest absolute Gasteiger partial charge is 0.508 e. The number of nitrogens with zero attached hydrogens (tertiary/aromatic N) is 3. The van der Waals surface area contributed by atoms with Crippen LogP contribution in [0.5, 0.6) is 5.75 Å². The summed E-state index contributed by atoms with van der Waals surface area (Å²) >= 11 is 1.26. The zero-order valence-corrected chi connectivity index (χ0v) is 14.4. The lowest BCUT2D eigenvalue weighted by Gasteiger charge is -2.06. The number of anilines is 1. The Morgan fingerprint density at radius 2 is 2.24 bits per heavy atom. The molecule has 3 aromatic rings.